The molecule has 0 aliphatic carbocycles. The highest BCUT2D eigenvalue weighted by Crippen LogP contribution is 2.24. The second-order valence-electron chi connectivity index (χ2n) is 7.72. The Bertz CT molecular complexity index is 1120. The summed E-state index contributed by atoms with van der Waals surface area (Å²) in [6.45, 7) is 6.32. The molecule has 8 nitrogen and oxygen atoms in total. The van der Waals surface area contributed by atoms with Crippen molar-refractivity contribution in [3.05, 3.63) is 51.4 Å². The number of aromatic amines is 1. The Kier molecular flexibility index (Phi) is 5.74. The highest BCUT2D eigenvalue weighted by atomic mass is 32.1. The molecule has 9 heteroatoms. The quantitative estimate of drug-likeness (QED) is 0.670. The Morgan fingerprint density at radius 2 is 2.03 bits per heavy atom. The van der Waals surface area contributed by atoms with Gasteiger partial charge in [0.25, 0.3) is 5.56 Å². The third kappa shape index (κ3) is 4.31. The van der Waals surface area contributed by atoms with Crippen LogP contribution in [0.1, 0.15) is 11.4 Å². The van der Waals surface area contributed by atoms with E-state index >= 15 is 0 Å². The molecule has 2 N–H and O–H groups in total. The summed E-state index contributed by atoms with van der Waals surface area (Å²) in [7, 11) is 3.82. The van der Waals surface area contributed by atoms with E-state index in [4.69, 9.17) is 0 Å². The number of anilines is 2. The number of H-pyrrole nitrogens is 1. The van der Waals surface area contributed by atoms with Crippen LogP contribution in [-0.4, -0.2) is 66.1 Å². The van der Waals surface area contributed by atoms with E-state index in [1.54, 1.807) is 7.05 Å². The zero-order chi connectivity index (χ0) is 21.3. The molecular formula is C21H26N6O2S. The molecule has 4 rings (SSSR count). The number of aryl methyl sites for hydroxylation is 1. The number of amides is 2. The number of aromatic nitrogens is 2. The molecular weight excluding hydrogens is 400 g/mol. The standard InChI is InChI=1S/C21H26N6O2S/c1-14-12-15(27-9-7-25(2)8-10-27)4-5-16(14)23-21(29)26(3)13-18-22-17-6-11-30-19(17)20(28)24-18/h4-6,11-12H,7-10,13H2,1-3H3,(H,23,29)(H,22,24,28). The maximum Gasteiger partial charge on any atom is 0.321 e. The summed E-state index contributed by atoms with van der Waals surface area (Å²) in [5.74, 6) is 0.464. The van der Waals surface area contributed by atoms with Crippen LogP contribution in [0.15, 0.2) is 34.4 Å². The summed E-state index contributed by atoms with van der Waals surface area (Å²) in [5.41, 5.74) is 3.45. The van der Waals surface area contributed by atoms with Gasteiger partial charge in [0.1, 0.15) is 10.5 Å². The number of likely N-dealkylation sites (N-methyl/N-ethyl adjacent to an activating group) is 1. The topological polar surface area (TPSA) is 84.6 Å². The van der Waals surface area contributed by atoms with Crippen molar-refractivity contribution >= 4 is 39.0 Å². The Hall–Kier alpha value is -2.91. The van der Waals surface area contributed by atoms with Crippen molar-refractivity contribution in [1.82, 2.24) is 19.8 Å². The fraction of sp³-hybridized carbons (Fsp3) is 0.381. The molecule has 3 aromatic rings. The molecule has 0 saturated carbocycles. The number of benzene rings is 1. The largest absolute Gasteiger partial charge is 0.369 e. The van der Waals surface area contributed by atoms with Gasteiger partial charge in [-0.3, -0.25) is 4.79 Å². The molecule has 158 valence electrons. The zero-order valence-electron chi connectivity index (χ0n) is 17.4. The fourth-order valence-electron chi connectivity index (χ4n) is 3.55. The highest BCUT2D eigenvalue weighted by molar-refractivity contribution is 7.17. The predicted octanol–water partition coefficient (Wildman–Crippen LogP) is 2.71. The van der Waals surface area contributed by atoms with E-state index in [1.807, 2.05) is 24.4 Å². The summed E-state index contributed by atoms with van der Waals surface area (Å²) < 4.78 is 0.599. The third-order valence-corrected chi connectivity index (χ3v) is 6.32. The average Bonchev–Trinajstić information content (AvgIpc) is 3.19. The van der Waals surface area contributed by atoms with Crippen LogP contribution in [-0.2, 0) is 6.54 Å². The number of carbonyl (C=O) groups is 1. The van der Waals surface area contributed by atoms with Gasteiger partial charge in [-0.25, -0.2) is 9.78 Å². The van der Waals surface area contributed by atoms with Gasteiger partial charge in [0.05, 0.1) is 12.1 Å². The second kappa shape index (κ2) is 8.45. The van der Waals surface area contributed by atoms with Gasteiger partial charge in [-0.2, -0.15) is 0 Å². The third-order valence-electron chi connectivity index (χ3n) is 5.42. The van der Waals surface area contributed by atoms with Crippen molar-refractivity contribution in [2.75, 3.05) is 50.5 Å². The highest BCUT2D eigenvalue weighted by Gasteiger charge is 2.17. The summed E-state index contributed by atoms with van der Waals surface area (Å²) in [6, 6.07) is 7.68. The molecule has 1 aromatic carbocycles. The van der Waals surface area contributed by atoms with Crippen LogP contribution in [0.25, 0.3) is 10.2 Å². The lowest BCUT2D eigenvalue weighted by atomic mass is 10.1. The minimum absolute atomic E-state index is 0.172. The van der Waals surface area contributed by atoms with Crippen LogP contribution in [0.5, 0.6) is 0 Å². The lowest BCUT2D eigenvalue weighted by molar-refractivity contribution is 0.219. The fourth-order valence-corrected chi connectivity index (χ4v) is 4.28. The van der Waals surface area contributed by atoms with Crippen LogP contribution >= 0.6 is 11.3 Å². The van der Waals surface area contributed by atoms with Crippen LogP contribution in [0.2, 0.25) is 0 Å². The maximum atomic E-state index is 12.7. The molecule has 0 bridgehead atoms. The van der Waals surface area contributed by atoms with Crippen LogP contribution < -0.4 is 15.8 Å². The van der Waals surface area contributed by atoms with E-state index in [1.165, 1.54) is 21.9 Å². The molecule has 30 heavy (non-hydrogen) atoms. The predicted molar refractivity (Wildman–Crippen MR) is 122 cm³/mol. The number of thiophene rings is 1. The number of urea groups is 1. The Morgan fingerprint density at radius 1 is 1.27 bits per heavy atom. The first-order chi connectivity index (χ1) is 14.4. The first-order valence-corrected chi connectivity index (χ1v) is 10.8. The van der Waals surface area contributed by atoms with Gasteiger partial charge in [-0.15, -0.1) is 11.3 Å². The number of hydrogen-bond donors (Lipinski definition) is 2. The van der Waals surface area contributed by atoms with Crippen molar-refractivity contribution in [2.24, 2.45) is 0 Å². The molecule has 0 atom stereocenters. The number of rotatable bonds is 4. The number of fused-ring (bicyclic) bond motifs is 1. The molecule has 2 amide bonds. The van der Waals surface area contributed by atoms with Crippen molar-refractivity contribution in [2.45, 2.75) is 13.5 Å². The first-order valence-electron chi connectivity index (χ1n) is 9.93. The van der Waals surface area contributed by atoms with Gasteiger partial charge in [-0.05, 0) is 49.2 Å². The first kappa shape index (κ1) is 20.4. The van der Waals surface area contributed by atoms with Crippen molar-refractivity contribution in [1.29, 1.82) is 0 Å². The number of piperazine rings is 1. The second-order valence-corrected chi connectivity index (χ2v) is 8.64. The Labute approximate surface area is 179 Å². The average molecular weight is 427 g/mol. The number of hydrogen-bond acceptors (Lipinski definition) is 6. The minimum atomic E-state index is -0.251. The molecule has 1 fully saturated rings. The molecule has 0 unspecified atom stereocenters. The van der Waals surface area contributed by atoms with E-state index in [-0.39, 0.29) is 18.1 Å². The van der Waals surface area contributed by atoms with Gasteiger partial charge < -0.3 is 25.0 Å². The van der Waals surface area contributed by atoms with Gasteiger partial charge in [-0.1, -0.05) is 0 Å². The van der Waals surface area contributed by atoms with E-state index in [9.17, 15) is 9.59 Å². The van der Waals surface area contributed by atoms with Crippen LogP contribution in [0.3, 0.4) is 0 Å². The van der Waals surface area contributed by atoms with E-state index in [0.717, 1.165) is 37.4 Å². The SMILES string of the molecule is Cc1cc(N2CCN(C)CC2)ccc1NC(=O)N(C)Cc1nc2ccsc2c(=O)[nH]1. The van der Waals surface area contributed by atoms with Crippen LogP contribution in [0, 0.1) is 6.92 Å². The number of carbonyl (C=O) groups excluding carboxylic acids is 1. The van der Waals surface area contributed by atoms with Gasteiger partial charge in [0.2, 0.25) is 0 Å². The smallest absolute Gasteiger partial charge is 0.321 e. The Balaban J connectivity index is 1.41. The molecule has 0 radical (unpaired) electrons. The number of nitrogens with one attached hydrogen (secondary N) is 2. The van der Waals surface area contributed by atoms with Gasteiger partial charge in [0.15, 0.2) is 0 Å². The summed E-state index contributed by atoms with van der Waals surface area (Å²) >= 11 is 1.36. The molecule has 3 heterocycles. The van der Waals surface area contributed by atoms with Crippen LogP contribution in [0.4, 0.5) is 16.2 Å². The minimum Gasteiger partial charge on any atom is -0.369 e. The van der Waals surface area contributed by atoms with Crippen molar-refractivity contribution in [3.63, 3.8) is 0 Å². The van der Waals surface area contributed by atoms with Crippen molar-refractivity contribution in [3.8, 4) is 0 Å². The molecule has 1 aliphatic heterocycles. The lowest BCUT2D eigenvalue weighted by Gasteiger charge is -2.34. The molecule has 1 saturated heterocycles. The lowest BCUT2D eigenvalue weighted by Crippen LogP contribution is -2.44. The summed E-state index contributed by atoms with van der Waals surface area (Å²) in [5, 5.41) is 4.79. The van der Waals surface area contributed by atoms with E-state index in [2.05, 4.69) is 44.3 Å². The van der Waals surface area contributed by atoms with Crippen molar-refractivity contribution < 1.29 is 4.79 Å². The molecule has 0 spiro atoms. The molecule has 1 aliphatic rings. The van der Waals surface area contributed by atoms with E-state index < -0.39 is 0 Å². The van der Waals surface area contributed by atoms with Gasteiger partial charge in [0, 0.05) is 44.6 Å². The monoisotopic (exact) mass is 426 g/mol. The maximum absolute atomic E-state index is 12.7. The number of nitrogens with zero attached hydrogens (tertiary/aromatic N) is 4. The normalized spacial score (nSPS) is 14.8. The molecule has 2 aromatic heterocycles. The zero-order valence-corrected chi connectivity index (χ0v) is 18.3. The Morgan fingerprint density at radius 3 is 2.77 bits per heavy atom. The van der Waals surface area contributed by atoms with E-state index in [0.29, 0.717) is 16.0 Å². The summed E-state index contributed by atoms with van der Waals surface area (Å²) in [6.07, 6.45) is 0. The summed E-state index contributed by atoms with van der Waals surface area (Å²) in [4.78, 5) is 38.2. The van der Waals surface area contributed by atoms with Gasteiger partial charge >= 0.3 is 6.03 Å².